The molecule has 1 aliphatic rings. The number of ether oxygens (including phenoxy) is 1. The van der Waals surface area contributed by atoms with Gasteiger partial charge in [-0.3, -0.25) is 9.59 Å². The summed E-state index contributed by atoms with van der Waals surface area (Å²) >= 11 is 19.1. The van der Waals surface area contributed by atoms with Crippen LogP contribution in [0, 0.1) is 17.4 Å². The van der Waals surface area contributed by atoms with Gasteiger partial charge in [0.15, 0.2) is 6.10 Å². The van der Waals surface area contributed by atoms with E-state index >= 15 is 0 Å². The number of aldehydes is 1. The first-order valence-electron chi connectivity index (χ1n) is 37.1. The Morgan fingerprint density at radius 1 is 0.439 bits per heavy atom. The molecule has 1 saturated heterocycles. The van der Waals surface area contributed by atoms with Crippen molar-refractivity contribution in [3.63, 3.8) is 0 Å². The second-order valence-corrected chi connectivity index (χ2v) is 27.9. The van der Waals surface area contributed by atoms with E-state index in [1.165, 1.54) is 79.6 Å². The van der Waals surface area contributed by atoms with Crippen molar-refractivity contribution in [3.8, 4) is 34.5 Å². The Labute approximate surface area is 752 Å². The number of ketones is 1. The molecular formula is C97H80BrCl4F9MgN6O5. The maximum absolute atomic E-state index is 13.9. The van der Waals surface area contributed by atoms with Gasteiger partial charge in [-0.05, 0) is 199 Å². The van der Waals surface area contributed by atoms with Gasteiger partial charge in [-0.15, -0.1) is 46.4 Å². The predicted octanol–water partition coefficient (Wildman–Crippen LogP) is 23.4. The number of hydrogen-bond donors (Lipinski definition) is 2. The Balaban J connectivity index is 0.000000201. The standard InChI is InChI=1S/C22H16F3NO.C16H12F3NO.C16H10F3NO.C15H10N2.C15H11NO.C6H5.C4H8O.2CH2Cl2.CH4.BrH.Mg/c23-22(24,25)21(27,17-7-3-1-4-8-17)18-11-12-20-16(15-18)13-14-26(20)19-9-5-2-6-10-19;2*17-16(18,19)15(21)12-6-7-14-11(10-12)8-9-20(14)13-4-2-1-3-5-13;16-11-12-6-7-15-13(10-12)8-9-17(15)14-4-2-1-3-5-14;17-11-12-6-7-15-13(10-12)8-9-16(15)14-4-2-1-3-5-14;1-2-4-6-5-3-1;1-2-4-5-3-1;2*2-1-3;;;/h1-15,27H;1-10,15,21H;1-10H;1-10H;1-11H;1-5H;1-4H2;2*1H2;1H4;1H;/q;;;;;-1;;;;;;+2/p-1. The quantitative estimate of drug-likeness (QED) is 0.0350. The van der Waals surface area contributed by atoms with Gasteiger partial charge in [-0.1, -0.05) is 141 Å². The summed E-state index contributed by atoms with van der Waals surface area (Å²) in [5, 5.41) is 33.3. The summed E-state index contributed by atoms with van der Waals surface area (Å²) in [6.45, 7) is 2.00. The number of rotatable bonds is 10. The van der Waals surface area contributed by atoms with Crippen LogP contribution in [-0.4, -0.2) is 111 Å². The fourth-order valence-electron chi connectivity index (χ4n) is 12.9. The number of aromatic nitrogens is 5. The summed E-state index contributed by atoms with van der Waals surface area (Å²) in [5.74, 6) is -1.82. The molecule has 2 atom stereocenters. The summed E-state index contributed by atoms with van der Waals surface area (Å²) in [6, 6.07) is 104. The number of Topliss-reactive ketones (excluding diaryl/α,β-unsaturated/α-hetero) is 1. The molecule has 0 amide bonds. The van der Waals surface area contributed by atoms with Crippen molar-refractivity contribution in [3.05, 3.63) is 404 Å². The van der Waals surface area contributed by atoms with Gasteiger partial charge in [0.05, 0.1) is 49.9 Å². The Hall–Kier alpha value is -11.2. The first kappa shape index (κ1) is 98.9. The van der Waals surface area contributed by atoms with Crippen LogP contribution in [0.2, 0.25) is 0 Å². The Kier molecular flexibility index (Phi) is 38.6. The third-order valence-corrected chi connectivity index (χ3v) is 18.5. The molecule has 628 valence electrons. The number of aliphatic hydroxyl groups is 2. The van der Waals surface area contributed by atoms with Crippen molar-refractivity contribution >= 4 is 136 Å². The van der Waals surface area contributed by atoms with Gasteiger partial charge in [-0.2, -0.15) is 81.2 Å². The van der Waals surface area contributed by atoms with E-state index in [0.717, 1.165) is 86.3 Å². The molecule has 18 rings (SSSR count). The molecule has 0 spiro atoms. The van der Waals surface area contributed by atoms with E-state index in [9.17, 15) is 59.3 Å². The molecule has 5 aromatic heterocycles. The molecule has 0 bridgehead atoms. The average Bonchev–Trinajstić information content (AvgIpc) is 1.66. The number of nitriles is 1. The van der Waals surface area contributed by atoms with Gasteiger partial charge in [0, 0.05) is 111 Å². The number of para-hydroxylation sites is 5. The zero-order chi connectivity index (χ0) is 85.7. The van der Waals surface area contributed by atoms with Crippen LogP contribution in [0.5, 0.6) is 0 Å². The number of nitrogens with zero attached hydrogens (tertiary/aromatic N) is 6. The molecule has 1 aliphatic heterocycles. The van der Waals surface area contributed by atoms with E-state index in [1.54, 1.807) is 55.0 Å². The number of halogens is 14. The van der Waals surface area contributed by atoms with E-state index in [4.69, 9.17) is 56.4 Å². The monoisotopic (exact) mass is 1820 g/mol. The molecule has 2 N–H and O–H groups in total. The fraction of sp³-hybridized carbons (Fsp3) is 0.124. The van der Waals surface area contributed by atoms with Gasteiger partial charge in [0.2, 0.25) is 5.60 Å². The molecule has 17 aromatic rings. The first-order valence-corrected chi connectivity index (χ1v) is 39.2. The van der Waals surface area contributed by atoms with Gasteiger partial charge >= 0.3 is 41.6 Å². The molecule has 12 aromatic carbocycles. The minimum atomic E-state index is -4.86. The summed E-state index contributed by atoms with van der Waals surface area (Å²) < 4.78 is 131. The number of hydrogen-bond acceptors (Lipinski definition) is 6. The summed E-state index contributed by atoms with van der Waals surface area (Å²) in [7, 11) is 0. The van der Waals surface area contributed by atoms with Crippen molar-refractivity contribution in [1.29, 1.82) is 5.26 Å². The third-order valence-electron chi connectivity index (χ3n) is 18.5. The number of benzene rings is 12. The van der Waals surface area contributed by atoms with Gasteiger partial charge in [0.1, 0.15) is 6.29 Å². The van der Waals surface area contributed by atoms with Crippen LogP contribution in [0.4, 0.5) is 39.5 Å². The Bertz CT molecular complexity index is 6060. The Morgan fingerprint density at radius 3 is 1.11 bits per heavy atom. The smallest absolute Gasteiger partial charge is 1.00 e. The molecule has 0 radical (unpaired) electrons. The van der Waals surface area contributed by atoms with E-state index in [-0.39, 0.29) is 80.4 Å². The molecular weight excluding hydrogens is 1750 g/mol. The van der Waals surface area contributed by atoms with Crippen molar-refractivity contribution in [2.75, 3.05) is 23.9 Å². The second-order valence-electron chi connectivity index (χ2n) is 26.2. The number of aliphatic hydroxyl groups excluding tert-OH is 1. The molecule has 11 nitrogen and oxygen atoms in total. The van der Waals surface area contributed by atoms with E-state index in [2.05, 4.69) is 45.5 Å². The van der Waals surface area contributed by atoms with Crippen LogP contribution >= 0.6 is 46.4 Å². The van der Waals surface area contributed by atoms with Crippen LogP contribution in [0.15, 0.2) is 365 Å². The maximum Gasteiger partial charge on any atom is 2.00 e. The van der Waals surface area contributed by atoms with Crippen molar-refractivity contribution in [2.45, 2.75) is 50.5 Å². The van der Waals surface area contributed by atoms with Crippen molar-refractivity contribution in [2.24, 2.45) is 0 Å². The number of fused-ring (bicyclic) bond motifs is 5. The fourth-order valence-corrected chi connectivity index (χ4v) is 12.9. The van der Waals surface area contributed by atoms with Crippen molar-refractivity contribution in [1.82, 2.24) is 22.8 Å². The number of alkyl halides is 13. The predicted molar refractivity (Wildman–Crippen MR) is 474 cm³/mol. The number of carbonyl (C=O) groups excluding carboxylic acids is 2. The van der Waals surface area contributed by atoms with Crippen LogP contribution < -0.4 is 17.0 Å². The van der Waals surface area contributed by atoms with E-state index < -0.39 is 36.0 Å². The topological polar surface area (TPSA) is 132 Å². The van der Waals surface area contributed by atoms with Crippen molar-refractivity contribution < 1.29 is 81.0 Å². The minimum absolute atomic E-state index is 0. The largest absolute Gasteiger partial charge is 2.00 e. The first-order chi connectivity index (χ1) is 57.9. The molecule has 2 unspecified atom stereocenters. The maximum atomic E-state index is 13.9. The van der Waals surface area contributed by atoms with Gasteiger partial charge in [-0.25, -0.2) is 0 Å². The zero-order valence-electron chi connectivity index (χ0n) is 64.8. The summed E-state index contributed by atoms with van der Waals surface area (Å²) in [5.41, 5.74) is 6.96. The van der Waals surface area contributed by atoms with E-state index in [0.29, 0.717) is 27.3 Å². The molecule has 0 saturated carbocycles. The van der Waals surface area contributed by atoms with Crippen LogP contribution in [0.25, 0.3) is 83.0 Å². The Morgan fingerprint density at radius 2 is 0.772 bits per heavy atom. The molecule has 123 heavy (non-hydrogen) atoms. The van der Waals surface area contributed by atoms with Crippen LogP contribution in [-0.2, 0) is 10.3 Å². The van der Waals surface area contributed by atoms with Crippen LogP contribution in [0.1, 0.15) is 69.3 Å². The molecule has 0 aliphatic carbocycles. The summed E-state index contributed by atoms with van der Waals surface area (Å²) in [6.07, 6.45) is -3.98. The number of carbonyl (C=O) groups is 2. The minimum Gasteiger partial charge on any atom is -1.00 e. The second kappa shape index (κ2) is 48.0. The molecule has 6 heterocycles. The zero-order valence-corrected chi connectivity index (χ0v) is 70.9. The van der Waals surface area contributed by atoms with E-state index in [1.807, 2.05) is 232 Å². The molecule has 1 fully saturated rings. The summed E-state index contributed by atoms with van der Waals surface area (Å²) in [4.78, 5) is 22.0. The van der Waals surface area contributed by atoms with Crippen LogP contribution in [0.3, 0.4) is 0 Å². The third kappa shape index (κ3) is 26.4. The van der Waals surface area contributed by atoms with Gasteiger partial charge < -0.3 is 54.8 Å². The normalized spacial score (nSPS) is 12.0. The molecule has 26 heteroatoms. The van der Waals surface area contributed by atoms with Gasteiger partial charge in [0.25, 0.3) is 5.78 Å². The average molecular weight is 1830 g/mol. The SMILES string of the molecule is C.C1CCOC1.ClCCl.ClCCl.N#Cc1ccc2c(ccn2-c2ccccc2)c1.O=C(c1ccc2c(ccn2-c2ccccc2)c1)C(F)(F)F.O=Cc1ccc2c(ccn2-c2ccccc2)c1.OC(c1ccc2c(ccn2-c2ccccc2)c1)C(F)(F)F.OC(c1ccccc1)(c1ccc2c(ccn2-c2ccccc2)c1)C(F)(F)F.[Br-].[Mg+2].[c-]1ccccc1.